The number of nitrogens with zero attached hydrogens (tertiary/aromatic N) is 1. The minimum atomic E-state index is 0.448. The van der Waals surface area contributed by atoms with Crippen molar-refractivity contribution in [2.45, 2.75) is 0 Å². The van der Waals surface area contributed by atoms with Crippen molar-refractivity contribution in [1.29, 1.82) is 0 Å². The highest BCUT2D eigenvalue weighted by Gasteiger charge is 1.98. The summed E-state index contributed by atoms with van der Waals surface area (Å²) in [6.07, 6.45) is 1.78. The lowest BCUT2D eigenvalue weighted by Gasteiger charge is -2.07. The standard InChI is InChI=1S/C18H14BrN3S/c19-15-8-10-16(11-9-15)21-18(23)22-20-12-14-6-3-5-13-4-1-2-7-17(13)14/h1-12H,(H2,21,22,23). The molecule has 0 spiro atoms. The summed E-state index contributed by atoms with van der Waals surface area (Å²) in [7, 11) is 0. The average molecular weight is 384 g/mol. The Kier molecular flexibility index (Phi) is 5.00. The fourth-order valence-electron chi connectivity index (χ4n) is 2.22. The number of hydrazone groups is 1. The molecule has 0 heterocycles. The Hall–Kier alpha value is -2.24. The first-order valence-electron chi connectivity index (χ1n) is 7.06. The van der Waals surface area contributed by atoms with Crippen LogP contribution in [0.1, 0.15) is 5.56 Å². The van der Waals surface area contributed by atoms with Gasteiger partial charge in [-0.3, -0.25) is 5.43 Å². The molecule has 5 heteroatoms. The molecule has 0 saturated heterocycles. The number of benzene rings is 3. The molecule has 3 nitrogen and oxygen atoms in total. The van der Waals surface area contributed by atoms with Crippen molar-refractivity contribution in [1.82, 2.24) is 5.43 Å². The molecule has 23 heavy (non-hydrogen) atoms. The zero-order valence-corrected chi connectivity index (χ0v) is 14.6. The molecule has 0 aliphatic heterocycles. The maximum Gasteiger partial charge on any atom is 0.191 e. The molecule has 2 N–H and O–H groups in total. The van der Waals surface area contributed by atoms with Gasteiger partial charge in [0.1, 0.15) is 0 Å². The molecule has 3 rings (SSSR count). The fourth-order valence-corrected chi connectivity index (χ4v) is 2.65. The van der Waals surface area contributed by atoms with E-state index in [1.54, 1.807) is 6.21 Å². The maximum atomic E-state index is 5.23. The van der Waals surface area contributed by atoms with Crippen LogP contribution in [0.5, 0.6) is 0 Å². The molecule has 3 aromatic carbocycles. The van der Waals surface area contributed by atoms with Gasteiger partial charge in [0.15, 0.2) is 5.11 Å². The van der Waals surface area contributed by atoms with Crippen molar-refractivity contribution >= 4 is 55.9 Å². The number of nitrogens with one attached hydrogen (secondary N) is 2. The number of thiocarbonyl (C=S) groups is 1. The highest BCUT2D eigenvalue weighted by molar-refractivity contribution is 9.10. The highest BCUT2D eigenvalue weighted by Crippen LogP contribution is 2.17. The number of hydrogen-bond acceptors (Lipinski definition) is 2. The number of hydrogen-bond donors (Lipinski definition) is 2. The van der Waals surface area contributed by atoms with Crippen molar-refractivity contribution in [3.05, 3.63) is 76.8 Å². The van der Waals surface area contributed by atoms with Gasteiger partial charge in [-0.15, -0.1) is 0 Å². The lowest BCUT2D eigenvalue weighted by Crippen LogP contribution is -2.23. The van der Waals surface area contributed by atoms with Gasteiger partial charge in [-0.05, 0) is 47.3 Å². The summed E-state index contributed by atoms with van der Waals surface area (Å²) in [6.45, 7) is 0. The second kappa shape index (κ2) is 7.35. The van der Waals surface area contributed by atoms with Gasteiger partial charge in [-0.2, -0.15) is 5.10 Å². The van der Waals surface area contributed by atoms with Crippen LogP contribution < -0.4 is 10.7 Å². The zero-order valence-electron chi connectivity index (χ0n) is 12.2. The molecular weight excluding hydrogens is 370 g/mol. The Morgan fingerprint density at radius 3 is 2.52 bits per heavy atom. The lowest BCUT2D eigenvalue weighted by molar-refractivity contribution is 1.05. The van der Waals surface area contributed by atoms with E-state index >= 15 is 0 Å². The third-order valence-electron chi connectivity index (χ3n) is 3.30. The molecule has 0 saturated carbocycles. The van der Waals surface area contributed by atoms with Crippen LogP contribution in [-0.4, -0.2) is 11.3 Å². The first-order valence-corrected chi connectivity index (χ1v) is 8.26. The number of halogens is 1. The van der Waals surface area contributed by atoms with Gasteiger partial charge < -0.3 is 5.32 Å². The molecular formula is C18H14BrN3S. The van der Waals surface area contributed by atoms with E-state index in [1.165, 1.54) is 5.39 Å². The van der Waals surface area contributed by atoms with Gasteiger partial charge >= 0.3 is 0 Å². The molecule has 0 unspecified atom stereocenters. The van der Waals surface area contributed by atoms with Gasteiger partial charge in [-0.25, -0.2) is 0 Å². The van der Waals surface area contributed by atoms with E-state index in [4.69, 9.17) is 12.2 Å². The number of fused-ring (bicyclic) bond motifs is 1. The summed E-state index contributed by atoms with van der Waals surface area (Å²) in [5, 5.41) is 10.1. The van der Waals surface area contributed by atoms with Crippen LogP contribution in [0.2, 0.25) is 0 Å². The third-order valence-corrected chi connectivity index (χ3v) is 4.02. The SMILES string of the molecule is S=C(NN=Cc1cccc2ccccc12)Nc1ccc(Br)cc1. The first kappa shape index (κ1) is 15.6. The van der Waals surface area contributed by atoms with E-state index in [9.17, 15) is 0 Å². The van der Waals surface area contributed by atoms with Crippen molar-refractivity contribution in [3.63, 3.8) is 0 Å². The Labute approximate surface area is 148 Å². The first-order chi connectivity index (χ1) is 11.2. The van der Waals surface area contributed by atoms with Gasteiger partial charge in [0.25, 0.3) is 0 Å². The van der Waals surface area contributed by atoms with Gasteiger partial charge in [-0.1, -0.05) is 58.4 Å². The van der Waals surface area contributed by atoms with Crippen LogP contribution >= 0.6 is 28.1 Å². The largest absolute Gasteiger partial charge is 0.331 e. The summed E-state index contributed by atoms with van der Waals surface area (Å²) in [4.78, 5) is 0. The fraction of sp³-hybridized carbons (Fsp3) is 0. The second-order valence-corrected chi connectivity index (χ2v) is 6.22. The van der Waals surface area contributed by atoms with Crippen molar-refractivity contribution in [2.75, 3.05) is 5.32 Å². The van der Waals surface area contributed by atoms with Crippen LogP contribution in [0.4, 0.5) is 5.69 Å². The quantitative estimate of drug-likeness (QED) is 0.382. The van der Waals surface area contributed by atoms with Gasteiger partial charge in [0, 0.05) is 15.7 Å². The minimum absolute atomic E-state index is 0.448. The predicted octanol–water partition coefficient (Wildman–Crippen LogP) is 4.92. The third kappa shape index (κ3) is 4.15. The highest BCUT2D eigenvalue weighted by atomic mass is 79.9. The van der Waals surface area contributed by atoms with E-state index in [1.807, 2.05) is 48.5 Å². The van der Waals surface area contributed by atoms with Gasteiger partial charge in [0.05, 0.1) is 6.21 Å². The Balaban J connectivity index is 1.66. The van der Waals surface area contributed by atoms with Gasteiger partial charge in [0.2, 0.25) is 0 Å². The molecule has 0 bridgehead atoms. The maximum absolute atomic E-state index is 5.23. The van der Waals surface area contributed by atoms with Crippen LogP contribution in [0, 0.1) is 0 Å². The summed E-state index contributed by atoms with van der Waals surface area (Å²) >= 11 is 8.63. The number of anilines is 1. The van der Waals surface area contributed by atoms with Crippen molar-refractivity contribution in [2.24, 2.45) is 5.10 Å². The molecule has 0 aliphatic carbocycles. The van der Waals surface area contributed by atoms with E-state index in [-0.39, 0.29) is 0 Å². The van der Waals surface area contributed by atoms with Crippen LogP contribution in [0.3, 0.4) is 0 Å². The molecule has 0 aromatic heterocycles. The topological polar surface area (TPSA) is 36.4 Å². The Morgan fingerprint density at radius 1 is 0.957 bits per heavy atom. The molecule has 114 valence electrons. The monoisotopic (exact) mass is 383 g/mol. The average Bonchev–Trinajstić information content (AvgIpc) is 2.57. The Bertz CT molecular complexity index is 854. The van der Waals surface area contributed by atoms with Crippen LogP contribution in [-0.2, 0) is 0 Å². The van der Waals surface area contributed by atoms with E-state index in [0.717, 1.165) is 21.1 Å². The lowest BCUT2D eigenvalue weighted by atomic mass is 10.1. The summed E-state index contributed by atoms with van der Waals surface area (Å²) < 4.78 is 1.02. The zero-order chi connectivity index (χ0) is 16.1. The van der Waals surface area contributed by atoms with E-state index in [0.29, 0.717) is 5.11 Å². The Morgan fingerprint density at radius 2 is 1.70 bits per heavy atom. The molecule has 0 atom stereocenters. The van der Waals surface area contributed by atoms with E-state index in [2.05, 4.69) is 50.0 Å². The number of rotatable bonds is 3. The van der Waals surface area contributed by atoms with E-state index < -0.39 is 0 Å². The molecule has 0 fully saturated rings. The molecule has 0 aliphatic rings. The van der Waals surface area contributed by atoms with Crippen LogP contribution in [0.15, 0.2) is 76.3 Å². The molecule has 3 aromatic rings. The van der Waals surface area contributed by atoms with Crippen molar-refractivity contribution < 1.29 is 0 Å². The van der Waals surface area contributed by atoms with Crippen molar-refractivity contribution in [3.8, 4) is 0 Å². The minimum Gasteiger partial charge on any atom is -0.331 e. The normalized spacial score (nSPS) is 10.8. The summed E-state index contributed by atoms with van der Waals surface area (Å²) in [5.41, 5.74) is 4.79. The molecule has 0 radical (unpaired) electrons. The predicted molar refractivity (Wildman–Crippen MR) is 105 cm³/mol. The summed E-state index contributed by atoms with van der Waals surface area (Å²) in [6, 6.07) is 22.1. The van der Waals surface area contributed by atoms with Crippen LogP contribution in [0.25, 0.3) is 10.8 Å². The second-order valence-electron chi connectivity index (χ2n) is 4.90. The summed E-state index contributed by atoms with van der Waals surface area (Å²) in [5.74, 6) is 0. The smallest absolute Gasteiger partial charge is 0.191 e. The molecule has 0 amide bonds.